The fourth-order valence-electron chi connectivity index (χ4n) is 8.34. The van der Waals surface area contributed by atoms with Crippen molar-refractivity contribution in [2.75, 3.05) is 0 Å². The summed E-state index contributed by atoms with van der Waals surface area (Å²) >= 11 is 0. The molecule has 2 aliphatic carbocycles. The molecule has 7 aromatic carbocycles. The Bertz CT molecular complexity index is 2700. The summed E-state index contributed by atoms with van der Waals surface area (Å²) in [5.41, 5.74) is 16.7. The maximum absolute atomic E-state index is 3.73. The van der Waals surface area contributed by atoms with Gasteiger partial charge in [-0.05, 0) is 68.1 Å². The number of benzene rings is 7. The highest BCUT2D eigenvalue weighted by molar-refractivity contribution is 6.27. The van der Waals surface area contributed by atoms with Crippen LogP contribution in [0.5, 0.6) is 0 Å². The molecule has 1 N–H and O–H groups in total. The summed E-state index contributed by atoms with van der Waals surface area (Å²) < 4.78 is 2.45. The van der Waals surface area contributed by atoms with Crippen LogP contribution in [0.2, 0.25) is 0 Å². The van der Waals surface area contributed by atoms with Gasteiger partial charge in [0.1, 0.15) is 0 Å². The first-order valence-electron chi connectivity index (χ1n) is 15.3. The van der Waals surface area contributed by atoms with Crippen molar-refractivity contribution in [1.29, 1.82) is 0 Å². The molecule has 2 heterocycles. The molecule has 9 aromatic rings. The van der Waals surface area contributed by atoms with Crippen LogP contribution in [0.1, 0.15) is 0 Å². The van der Waals surface area contributed by atoms with E-state index >= 15 is 0 Å². The molecule has 0 amide bonds. The second-order valence-corrected chi connectivity index (χ2v) is 12.1. The Hall–Kier alpha value is -5.86. The summed E-state index contributed by atoms with van der Waals surface area (Å²) in [6.45, 7) is 0. The molecule has 0 bridgehead atoms. The first-order chi connectivity index (χ1) is 21.9. The second-order valence-electron chi connectivity index (χ2n) is 12.1. The van der Waals surface area contributed by atoms with Gasteiger partial charge in [0.15, 0.2) is 0 Å². The van der Waals surface area contributed by atoms with Gasteiger partial charge in [-0.2, -0.15) is 0 Å². The van der Waals surface area contributed by atoms with Crippen molar-refractivity contribution < 1.29 is 0 Å². The van der Waals surface area contributed by atoms with E-state index in [9.17, 15) is 0 Å². The number of para-hydroxylation sites is 3. The zero-order chi connectivity index (χ0) is 28.5. The Kier molecular flexibility index (Phi) is 4.10. The minimum Gasteiger partial charge on any atom is -0.354 e. The number of hydrogen-bond acceptors (Lipinski definition) is 0. The highest BCUT2D eigenvalue weighted by Gasteiger charge is 2.31. The molecule has 0 saturated carbocycles. The van der Waals surface area contributed by atoms with Gasteiger partial charge in [0.05, 0.1) is 16.9 Å². The number of aromatic nitrogens is 2. The molecule has 2 aliphatic rings. The van der Waals surface area contributed by atoms with Crippen LogP contribution in [0.3, 0.4) is 0 Å². The Morgan fingerprint density at radius 3 is 1.77 bits per heavy atom. The van der Waals surface area contributed by atoms with E-state index in [0.29, 0.717) is 0 Å². The normalized spacial score (nSPS) is 12.5. The smallest absolute Gasteiger partial charge is 0.0626 e. The van der Waals surface area contributed by atoms with Gasteiger partial charge in [-0.1, -0.05) is 115 Å². The standard InChI is InChI=1S/C42H24N2/c1-2-10-24(11-3-1)44-36-19-7-5-13-30(36)40-32-23-21-26(28-15-9-17-34(38(28)32)42(40)44)25-20-22-31-37-27(25)14-8-16-33(37)41-39(31)29-12-4-6-18-35(29)43-41/h1-23,43H. The Morgan fingerprint density at radius 1 is 0.386 bits per heavy atom. The molecule has 11 rings (SSSR count). The number of hydrogen-bond donors (Lipinski definition) is 1. The Balaban J connectivity index is 1.19. The highest BCUT2D eigenvalue weighted by Crippen LogP contribution is 2.56. The SMILES string of the molecule is c1ccc(-n2c3c(c4ccccc42)-c2ccc(-c4ccc5c6c(cccc46)-c4[nH]c6ccccc6c4-5)c4cccc-3c24)cc1. The molecule has 0 spiro atoms. The lowest BCUT2D eigenvalue weighted by molar-refractivity contribution is 1.14. The van der Waals surface area contributed by atoms with Crippen LogP contribution in [-0.2, 0) is 0 Å². The van der Waals surface area contributed by atoms with Gasteiger partial charge in [0, 0.05) is 44.2 Å². The fourth-order valence-corrected chi connectivity index (χ4v) is 8.34. The molecular formula is C42H24N2. The first kappa shape index (κ1) is 22.7. The molecule has 0 atom stereocenters. The minimum atomic E-state index is 1.19. The third-order valence-corrected chi connectivity index (χ3v) is 10.0. The average molecular weight is 557 g/mol. The second kappa shape index (κ2) is 7.94. The van der Waals surface area contributed by atoms with Crippen LogP contribution < -0.4 is 0 Å². The topological polar surface area (TPSA) is 20.7 Å². The molecular weight excluding hydrogens is 532 g/mol. The number of H-pyrrole nitrogens is 1. The maximum atomic E-state index is 3.73. The molecule has 2 heteroatoms. The van der Waals surface area contributed by atoms with Gasteiger partial charge in [-0.25, -0.2) is 0 Å². The molecule has 202 valence electrons. The number of rotatable bonds is 2. The molecule has 2 nitrogen and oxygen atoms in total. The lowest BCUT2D eigenvalue weighted by Gasteiger charge is -2.15. The van der Waals surface area contributed by atoms with Crippen molar-refractivity contribution in [3.63, 3.8) is 0 Å². The molecule has 2 aromatic heterocycles. The summed E-state index contributed by atoms with van der Waals surface area (Å²) in [4.78, 5) is 3.73. The zero-order valence-corrected chi connectivity index (χ0v) is 23.7. The van der Waals surface area contributed by atoms with E-state index in [1.165, 1.54) is 105 Å². The molecule has 44 heavy (non-hydrogen) atoms. The van der Waals surface area contributed by atoms with E-state index in [2.05, 4.69) is 149 Å². The zero-order valence-electron chi connectivity index (χ0n) is 23.7. The fraction of sp³-hybridized carbons (Fsp3) is 0. The van der Waals surface area contributed by atoms with E-state index in [0.717, 1.165) is 0 Å². The lowest BCUT2D eigenvalue weighted by Crippen LogP contribution is -1.95. The van der Waals surface area contributed by atoms with E-state index in [-0.39, 0.29) is 0 Å². The summed E-state index contributed by atoms with van der Waals surface area (Å²) in [5, 5.41) is 7.92. The van der Waals surface area contributed by atoms with Gasteiger partial charge in [-0.3, -0.25) is 0 Å². The lowest BCUT2D eigenvalue weighted by atomic mass is 9.89. The predicted molar refractivity (Wildman–Crippen MR) is 184 cm³/mol. The van der Waals surface area contributed by atoms with Gasteiger partial charge < -0.3 is 9.55 Å². The van der Waals surface area contributed by atoms with E-state index in [4.69, 9.17) is 0 Å². The van der Waals surface area contributed by atoms with E-state index in [1.54, 1.807) is 0 Å². The van der Waals surface area contributed by atoms with E-state index < -0.39 is 0 Å². The Labute approximate surface area is 253 Å². The van der Waals surface area contributed by atoms with Gasteiger partial charge in [-0.15, -0.1) is 0 Å². The van der Waals surface area contributed by atoms with Crippen LogP contribution in [0, 0.1) is 0 Å². The number of fused-ring (bicyclic) bond motifs is 10. The summed E-state index contributed by atoms with van der Waals surface area (Å²) in [6, 6.07) is 51.4. The van der Waals surface area contributed by atoms with Crippen molar-refractivity contribution in [3.8, 4) is 61.6 Å². The molecule has 0 aliphatic heterocycles. The van der Waals surface area contributed by atoms with Crippen LogP contribution in [-0.4, -0.2) is 9.55 Å². The number of nitrogens with one attached hydrogen (secondary N) is 1. The van der Waals surface area contributed by atoms with Crippen molar-refractivity contribution >= 4 is 43.4 Å². The molecule has 0 radical (unpaired) electrons. The molecule has 0 fully saturated rings. The molecule has 0 saturated heterocycles. The average Bonchev–Trinajstić information content (AvgIpc) is 3.81. The van der Waals surface area contributed by atoms with Crippen molar-refractivity contribution in [2.24, 2.45) is 0 Å². The molecule has 0 unspecified atom stereocenters. The summed E-state index contributed by atoms with van der Waals surface area (Å²) in [6.07, 6.45) is 0. The van der Waals surface area contributed by atoms with Crippen LogP contribution in [0.25, 0.3) is 105 Å². The summed E-state index contributed by atoms with van der Waals surface area (Å²) in [5.74, 6) is 0. The summed E-state index contributed by atoms with van der Waals surface area (Å²) in [7, 11) is 0. The van der Waals surface area contributed by atoms with Crippen LogP contribution in [0.4, 0.5) is 0 Å². The van der Waals surface area contributed by atoms with Crippen LogP contribution in [0.15, 0.2) is 140 Å². The third kappa shape index (κ3) is 2.63. The highest BCUT2D eigenvalue weighted by atomic mass is 15.0. The van der Waals surface area contributed by atoms with Gasteiger partial charge >= 0.3 is 0 Å². The van der Waals surface area contributed by atoms with Crippen molar-refractivity contribution in [1.82, 2.24) is 9.55 Å². The Morgan fingerprint density at radius 2 is 0.977 bits per heavy atom. The van der Waals surface area contributed by atoms with Crippen molar-refractivity contribution in [2.45, 2.75) is 0 Å². The number of aromatic amines is 1. The predicted octanol–water partition coefficient (Wildman–Crippen LogP) is 11.4. The maximum Gasteiger partial charge on any atom is 0.0626 e. The third-order valence-electron chi connectivity index (χ3n) is 10.0. The number of nitrogens with zero attached hydrogens (tertiary/aromatic N) is 1. The van der Waals surface area contributed by atoms with Gasteiger partial charge in [0.25, 0.3) is 0 Å². The largest absolute Gasteiger partial charge is 0.354 e. The van der Waals surface area contributed by atoms with E-state index in [1.807, 2.05) is 0 Å². The van der Waals surface area contributed by atoms with Crippen molar-refractivity contribution in [3.05, 3.63) is 140 Å². The minimum absolute atomic E-state index is 1.19. The monoisotopic (exact) mass is 556 g/mol. The van der Waals surface area contributed by atoms with Gasteiger partial charge in [0.2, 0.25) is 0 Å². The first-order valence-corrected chi connectivity index (χ1v) is 15.3. The quantitative estimate of drug-likeness (QED) is 0.219. The van der Waals surface area contributed by atoms with Crippen LogP contribution >= 0.6 is 0 Å².